The lowest BCUT2D eigenvalue weighted by molar-refractivity contribution is 0.738. The molecule has 0 heteroatoms. The highest BCUT2D eigenvalue weighted by Crippen LogP contribution is 2.47. The molecule has 1 atom stereocenters. The molecule has 0 spiro atoms. The molecule has 2 aliphatic carbocycles. The molecule has 1 unspecified atom stereocenters. The highest BCUT2D eigenvalue weighted by Gasteiger charge is 2.33. The van der Waals surface area contributed by atoms with Crippen LogP contribution in [0.4, 0.5) is 0 Å². The van der Waals surface area contributed by atoms with Crippen LogP contribution in [0.2, 0.25) is 0 Å². The number of allylic oxidation sites excluding steroid dienone is 1. The Kier molecular flexibility index (Phi) is 1.20. The fourth-order valence-electron chi connectivity index (χ4n) is 2.14. The second-order valence-corrected chi connectivity index (χ2v) is 3.85. The van der Waals surface area contributed by atoms with Gasteiger partial charge in [0.05, 0.1) is 0 Å². The molecule has 1 saturated carbocycles. The van der Waals surface area contributed by atoms with Crippen LogP contribution in [0.3, 0.4) is 0 Å². The van der Waals surface area contributed by atoms with Crippen molar-refractivity contribution in [3.8, 4) is 0 Å². The van der Waals surface area contributed by atoms with E-state index in [0.717, 1.165) is 11.8 Å². The van der Waals surface area contributed by atoms with Gasteiger partial charge in [0.1, 0.15) is 0 Å². The second-order valence-electron chi connectivity index (χ2n) is 3.85. The predicted molar refractivity (Wildman–Crippen MR) is 50.9 cm³/mol. The van der Waals surface area contributed by atoms with Gasteiger partial charge >= 0.3 is 0 Å². The van der Waals surface area contributed by atoms with E-state index < -0.39 is 0 Å². The highest BCUT2D eigenvalue weighted by atomic mass is 14.4. The molecule has 0 aliphatic heterocycles. The molecule has 0 radical (unpaired) electrons. The molecular formula is C12H12. The molecule has 60 valence electrons. The molecule has 3 rings (SSSR count). The van der Waals surface area contributed by atoms with E-state index in [-0.39, 0.29) is 0 Å². The van der Waals surface area contributed by atoms with Crippen molar-refractivity contribution in [1.29, 1.82) is 0 Å². The molecule has 0 saturated heterocycles. The van der Waals surface area contributed by atoms with Gasteiger partial charge < -0.3 is 0 Å². The van der Waals surface area contributed by atoms with Crippen molar-refractivity contribution in [3.05, 3.63) is 41.5 Å². The Morgan fingerprint density at radius 3 is 2.75 bits per heavy atom. The molecule has 0 aromatic heterocycles. The minimum Gasteiger partial charge on any atom is -0.0761 e. The Labute approximate surface area is 72.9 Å². The average Bonchev–Trinajstić information content (AvgIpc) is 2.86. The topological polar surface area (TPSA) is 0 Å². The lowest BCUT2D eigenvalue weighted by atomic mass is 9.96. The molecule has 1 fully saturated rings. The summed E-state index contributed by atoms with van der Waals surface area (Å²) in [4.78, 5) is 0. The Hall–Kier alpha value is -1.04. The molecule has 12 heavy (non-hydrogen) atoms. The summed E-state index contributed by atoms with van der Waals surface area (Å²) in [5, 5.41) is 0. The van der Waals surface area contributed by atoms with E-state index >= 15 is 0 Å². The van der Waals surface area contributed by atoms with Gasteiger partial charge in [0.15, 0.2) is 0 Å². The molecule has 1 aromatic carbocycles. The number of rotatable bonds is 1. The van der Waals surface area contributed by atoms with Gasteiger partial charge in [-0.2, -0.15) is 0 Å². The maximum Gasteiger partial charge on any atom is 0.00555 e. The third-order valence-electron chi connectivity index (χ3n) is 2.97. The molecule has 1 aromatic rings. The molecule has 0 bridgehead atoms. The Balaban J connectivity index is 2.06. The fourth-order valence-corrected chi connectivity index (χ4v) is 2.14. The molecule has 0 heterocycles. The summed E-state index contributed by atoms with van der Waals surface area (Å²) in [6, 6.07) is 8.77. The summed E-state index contributed by atoms with van der Waals surface area (Å²) in [6.07, 6.45) is 7.52. The van der Waals surface area contributed by atoms with E-state index in [1.165, 1.54) is 18.4 Å². The Bertz CT molecular complexity index is 332. The standard InChI is InChI=1S/C12H12/c1-2-4-11-9(3-1)7-8-12(11)10-5-6-10/h1-4,7-8,10,12H,5-6H2. The quantitative estimate of drug-likeness (QED) is 0.585. The SMILES string of the molecule is C1=CC(C2CC2)c2ccccc21. The molecular weight excluding hydrogens is 144 g/mol. The van der Waals surface area contributed by atoms with Gasteiger partial charge in [-0.25, -0.2) is 0 Å². The van der Waals surface area contributed by atoms with E-state index in [0.29, 0.717) is 0 Å². The van der Waals surface area contributed by atoms with Crippen LogP contribution in [-0.4, -0.2) is 0 Å². The largest absolute Gasteiger partial charge is 0.0761 e. The van der Waals surface area contributed by atoms with Crippen LogP contribution in [0.25, 0.3) is 6.08 Å². The lowest BCUT2D eigenvalue weighted by Crippen LogP contribution is -1.94. The zero-order valence-corrected chi connectivity index (χ0v) is 7.03. The van der Waals surface area contributed by atoms with Gasteiger partial charge in [0, 0.05) is 5.92 Å². The zero-order chi connectivity index (χ0) is 7.97. The minimum atomic E-state index is 0.751. The summed E-state index contributed by atoms with van der Waals surface area (Å²) in [7, 11) is 0. The van der Waals surface area contributed by atoms with Crippen LogP contribution in [-0.2, 0) is 0 Å². The molecule has 0 nitrogen and oxygen atoms in total. The van der Waals surface area contributed by atoms with Crippen molar-refractivity contribution < 1.29 is 0 Å². The first kappa shape index (κ1) is 6.47. The summed E-state index contributed by atoms with van der Waals surface area (Å²) in [6.45, 7) is 0. The smallest absolute Gasteiger partial charge is 0.00555 e. The van der Waals surface area contributed by atoms with E-state index in [9.17, 15) is 0 Å². The maximum atomic E-state index is 2.38. The first-order valence-corrected chi connectivity index (χ1v) is 4.72. The van der Waals surface area contributed by atoms with Gasteiger partial charge in [-0.3, -0.25) is 0 Å². The third-order valence-corrected chi connectivity index (χ3v) is 2.97. The molecule has 2 aliphatic rings. The van der Waals surface area contributed by atoms with Crippen molar-refractivity contribution in [2.45, 2.75) is 18.8 Å². The van der Waals surface area contributed by atoms with Crippen LogP contribution in [0.15, 0.2) is 30.3 Å². The summed E-state index contributed by atoms with van der Waals surface area (Å²) >= 11 is 0. The van der Waals surface area contributed by atoms with Gasteiger partial charge in [-0.15, -0.1) is 0 Å². The van der Waals surface area contributed by atoms with Crippen LogP contribution < -0.4 is 0 Å². The van der Waals surface area contributed by atoms with Crippen molar-refractivity contribution in [1.82, 2.24) is 0 Å². The fraction of sp³-hybridized carbons (Fsp3) is 0.333. The van der Waals surface area contributed by atoms with Crippen LogP contribution in [0, 0.1) is 5.92 Å². The first-order valence-electron chi connectivity index (χ1n) is 4.72. The van der Waals surface area contributed by atoms with Crippen molar-refractivity contribution >= 4 is 6.08 Å². The Morgan fingerprint density at radius 1 is 1.08 bits per heavy atom. The van der Waals surface area contributed by atoms with Gasteiger partial charge in [0.2, 0.25) is 0 Å². The summed E-state index contributed by atoms with van der Waals surface area (Å²) in [5.74, 6) is 1.71. The van der Waals surface area contributed by atoms with E-state index in [1.54, 1.807) is 5.56 Å². The first-order chi connectivity index (χ1) is 5.95. The van der Waals surface area contributed by atoms with E-state index in [1.807, 2.05) is 0 Å². The molecule has 0 N–H and O–H groups in total. The van der Waals surface area contributed by atoms with E-state index in [2.05, 4.69) is 36.4 Å². The number of fused-ring (bicyclic) bond motifs is 1. The summed E-state index contributed by atoms with van der Waals surface area (Å²) in [5.41, 5.74) is 2.99. The second kappa shape index (κ2) is 2.22. The minimum absolute atomic E-state index is 0.751. The van der Waals surface area contributed by atoms with Gasteiger partial charge in [-0.05, 0) is 29.9 Å². The average molecular weight is 156 g/mol. The molecule has 0 amide bonds. The van der Waals surface area contributed by atoms with E-state index in [4.69, 9.17) is 0 Å². The maximum absolute atomic E-state index is 2.38. The number of benzene rings is 1. The normalized spacial score (nSPS) is 25.8. The van der Waals surface area contributed by atoms with Crippen molar-refractivity contribution in [2.24, 2.45) is 5.92 Å². The van der Waals surface area contributed by atoms with Gasteiger partial charge in [0.25, 0.3) is 0 Å². The monoisotopic (exact) mass is 156 g/mol. The van der Waals surface area contributed by atoms with Crippen LogP contribution in [0.1, 0.15) is 29.9 Å². The van der Waals surface area contributed by atoms with Gasteiger partial charge in [-0.1, -0.05) is 36.4 Å². The Morgan fingerprint density at radius 2 is 1.92 bits per heavy atom. The predicted octanol–water partition coefficient (Wildman–Crippen LogP) is 3.21. The van der Waals surface area contributed by atoms with Crippen molar-refractivity contribution in [2.75, 3.05) is 0 Å². The lowest BCUT2D eigenvalue weighted by Gasteiger charge is -2.07. The number of hydrogen-bond acceptors (Lipinski definition) is 0. The third kappa shape index (κ3) is 0.842. The van der Waals surface area contributed by atoms with Crippen LogP contribution in [0.5, 0.6) is 0 Å². The number of hydrogen-bond donors (Lipinski definition) is 0. The zero-order valence-electron chi connectivity index (χ0n) is 7.03. The summed E-state index contributed by atoms with van der Waals surface area (Å²) < 4.78 is 0. The van der Waals surface area contributed by atoms with Crippen LogP contribution >= 0.6 is 0 Å². The highest BCUT2D eigenvalue weighted by molar-refractivity contribution is 5.62. The van der Waals surface area contributed by atoms with Crippen molar-refractivity contribution in [3.63, 3.8) is 0 Å².